The Morgan fingerprint density at radius 3 is 2.47 bits per heavy atom. The number of amides is 1. The minimum Gasteiger partial charge on any atom is -0.494 e. The van der Waals surface area contributed by atoms with Gasteiger partial charge in [0.2, 0.25) is 10.0 Å². The second-order valence-corrected chi connectivity index (χ2v) is 12.0. The summed E-state index contributed by atoms with van der Waals surface area (Å²) in [6.45, 7) is 0. The molecule has 11 heteroatoms. The minimum atomic E-state index is -3.72. The maximum atomic E-state index is 13.7. The van der Waals surface area contributed by atoms with Gasteiger partial charge in [-0.15, -0.1) is 0 Å². The first-order valence-electron chi connectivity index (χ1n) is 13.2. The molecule has 0 radical (unpaired) electrons. The number of aromatic nitrogens is 2. The number of ether oxygens (including phenoxy) is 1. The smallest absolute Gasteiger partial charge is 0.255 e. The van der Waals surface area contributed by atoms with Crippen LogP contribution in [-0.4, -0.2) is 51.8 Å². The van der Waals surface area contributed by atoms with Crippen LogP contribution in [0.2, 0.25) is 0 Å². The minimum absolute atomic E-state index is 0.223. The maximum Gasteiger partial charge on any atom is 0.255 e. The van der Waals surface area contributed by atoms with Crippen molar-refractivity contribution in [1.29, 1.82) is 0 Å². The molecule has 218 valence electrons. The molecule has 6 rings (SSSR count). The second kappa shape index (κ2) is 10.6. The van der Waals surface area contributed by atoms with Crippen LogP contribution < -0.4 is 14.4 Å². The summed E-state index contributed by atoms with van der Waals surface area (Å²) in [5.74, 6) is -0.116. The number of carbonyl (C=O) groups is 1. The summed E-state index contributed by atoms with van der Waals surface area (Å²) in [5.41, 5.74) is 4.60. The second-order valence-electron chi connectivity index (χ2n) is 10.0. The van der Waals surface area contributed by atoms with Crippen molar-refractivity contribution in [2.45, 2.75) is 0 Å². The molecule has 2 N–H and O–H groups in total. The highest BCUT2D eigenvalue weighted by Crippen LogP contribution is 2.42. The Morgan fingerprint density at radius 1 is 1.05 bits per heavy atom. The summed E-state index contributed by atoms with van der Waals surface area (Å²) < 4.78 is 52.2. The first-order chi connectivity index (χ1) is 20.6. The number of nitrogens with one attached hydrogen (secondary N) is 2. The van der Waals surface area contributed by atoms with Crippen molar-refractivity contribution in [3.8, 4) is 39.6 Å². The van der Waals surface area contributed by atoms with Gasteiger partial charge >= 0.3 is 0 Å². The molecule has 0 spiro atoms. The highest BCUT2D eigenvalue weighted by Gasteiger charge is 2.27. The van der Waals surface area contributed by atoms with Crippen LogP contribution in [0.5, 0.6) is 5.75 Å². The van der Waals surface area contributed by atoms with Crippen molar-refractivity contribution in [2.24, 2.45) is 0 Å². The fourth-order valence-electron chi connectivity index (χ4n) is 5.11. The number of hydrogen-bond acceptors (Lipinski definition) is 6. The Balaban J connectivity index is 1.64. The third kappa shape index (κ3) is 4.97. The van der Waals surface area contributed by atoms with E-state index in [0.29, 0.717) is 33.5 Å². The van der Waals surface area contributed by atoms with Gasteiger partial charge < -0.3 is 19.5 Å². The average Bonchev–Trinajstić information content (AvgIpc) is 3.61. The summed E-state index contributed by atoms with van der Waals surface area (Å²) in [7, 11) is 0.771. The van der Waals surface area contributed by atoms with E-state index in [1.807, 2.05) is 36.4 Å². The molecule has 1 amide bonds. The lowest BCUT2D eigenvalue weighted by Crippen LogP contribution is -2.25. The number of sulfonamides is 1. The average molecular weight is 599 g/mol. The van der Waals surface area contributed by atoms with Crippen LogP contribution in [0.25, 0.3) is 55.7 Å². The van der Waals surface area contributed by atoms with Crippen LogP contribution in [0.3, 0.4) is 0 Å². The molecule has 0 atom stereocenters. The van der Waals surface area contributed by atoms with Gasteiger partial charge in [-0.3, -0.25) is 14.1 Å². The highest BCUT2D eigenvalue weighted by atomic mass is 32.2. The number of H-pyrrole nitrogens is 1. The zero-order chi connectivity index (χ0) is 30.5. The van der Waals surface area contributed by atoms with Gasteiger partial charge in [0.25, 0.3) is 5.91 Å². The van der Waals surface area contributed by atoms with E-state index in [1.54, 1.807) is 25.4 Å². The molecule has 0 aliphatic carbocycles. The molecule has 6 aromatic rings. The SMILES string of the molecule is CNC(=O)c1c(-c2ccc(F)cc2)oc2cc(N(C)S(C)(=O)=O)c(-c3cc(-c4cc5ccccc5[nH]4)c(OC)cn3)cc12. The number of carbonyl (C=O) groups excluding carboxylic acids is 1. The Morgan fingerprint density at radius 2 is 1.79 bits per heavy atom. The highest BCUT2D eigenvalue weighted by molar-refractivity contribution is 7.92. The zero-order valence-corrected chi connectivity index (χ0v) is 24.5. The number of hydrogen-bond donors (Lipinski definition) is 2. The molecular formula is C32H27FN4O5S. The van der Waals surface area contributed by atoms with Gasteiger partial charge in [0.05, 0.1) is 42.2 Å². The van der Waals surface area contributed by atoms with Crippen molar-refractivity contribution in [1.82, 2.24) is 15.3 Å². The first-order valence-corrected chi connectivity index (χ1v) is 15.1. The standard InChI is InChI=1S/C32H27FN4O5S/c1-34-32(38)30-23-14-21(25-15-22(29(41-3)17-35-25)26-13-19-7-5-6-8-24(19)36-26)27(37(2)43(4,39)40)16-28(23)42-31(30)18-9-11-20(33)12-10-18/h5-17,36H,1-4H3,(H,34,38). The predicted octanol–water partition coefficient (Wildman–Crippen LogP) is 6.21. The molecule has 43 heavy (non-hydrogen) atoms. The molecule has 0 saturated carbocycles. The molecule has 0 aliphatic rings. The number of benzene rings is 3. The third-order valence-corrected chi connectivity index (χ3v) is 8.58. The number of pyridine rings is 1. The fourth-order valence-corrected chi connectivity index (χ4v) is 5.62. The monoisotopic (exact) mass is 598 g/mol. The van der Waals surface area contributed by atoms with Crippen molar-refractivity contribution < 1.29 is 26.8 Å². The van der Waals surface area contributed by atoms with Gasteiger partial charge in [0.1, 0.15) is 22.9 Å². The molecular weight excluding hydrogens is 571 g/mol. The van der Waals surface area contributed by atoms with Crippen molar-refractivity contribution in [3.05, 3.63) is 90.4 Å². The summed E-state index contributed by atoms with van der Waals surface area (Å²) in [6, 6.07) is 20.5. The summed E-state index contributed by atoms with van der Waals surface area (Å²) >= 11 is 0. The Bertz CT molecular complexity index is 2100. The summed E-state index contributed by atoms with van der Waals surface area (Å²) in [4.78, 5) is 21.2. The molecule has 0 bridgehead atoms. The molecule has 3 aromatic carbocycles. The number of aromatic amines is 1. The summed E-state index contributed by atoms with van der Waals surface area (Å²) in [6.07, 6.45) is 2.67. The topological polar surface area (TPSA) is 118 Å². The van der Waals surface area contributed by atoms with Crippen molar-refractivity contribution in [3.63, 3.8) is 0 Å². The molecule has 3 aromatic heterocycles. The van der Waals surface area contributed by atoms with Gasteiger partial charge in [-0.1, -0.05) is 18.2 Å². The van der Waals surface area contributed by atoms with E-state index in [0.717, 1.165) is 27.2 Å². The number of halogens is 1. The Labute approximate surface area is 247 Å². The van der Waals surface area contributed by atoms with E-state index in [1.165, 1.54) is 38.4 Å². The van der Waals surface area contributed by atoms with E-state index in [9.17, 15) is 17.6 Å². The van der Waals surface area contributed by atoms with Crippen molar-refractivity contribution >= 4 is 43.5 Å². The number of furan rings is 1. The molecule has 3 heterocycles. The number of nitrogens with zero attached hydrogens (tertiary/aromatic N) is 2. The molecule has 9 nitrogen and oxygen atoms in total. The molecule has 0 saturated heterocycles. The van der Waals surface area contributed by atoms with Gasteiger partial charge in [-0.05, 0) is 48.5 Å². The lowest BCUT2D eigenvalue weighted by Gasteiger charge is -2.21. The Hall–Kier alpha value is -5.16. The number of fused-ring (bicyclic) bond motifs is 2. The van der Waals surface area contributed by atoms with Gasteiger partial charge in [0.15, 0.2) is 0 Å². The quantitative estimate of drug-likeness (QED) is 0.226. The largest absolute Gasteiger partial charge is 0.494 e. The van der Waals surface area contributed by atoms with Gasteiger partial charge in [-0.25, -0.2) is 12.8 Å². The van der Waals surface area contributed by atoms with E-state index in [4.69, 9.17) is 9.15 Å². The zero-order valence-electron chi connectivity index (χ0n) is 23.7. The number of methoxy groups -OCH3 is 1. The van der Waals surface area contributed by atoms with Gasteiger partial charge in [-0.2, -0.15) is 0 Å². The number of para-hydroxylation sites is 1. The lowest BCUT2D eigenvalue weighted by atomic mass is 9.99. The van der Waals surface area contributed by atoms with E-state index >= 15 is 0 Å². The summed E-state index contributed by atoms with van der Waals surface area (Å²) in [5, 5.41) is 4.09. The normalized spacial score (nSPS) is 11.7. The van der Waals surface area contributed by atoms with Crippen molar-refractivity contribution in [2.75, 3.05) is 31.8 Å². The molecule has 0 fully saturated rings. The van der Waals surface area contributed by atoms with Crippen LogP contribution >= 0.6 is 0 Å². The Kier molecular flexibility index (Phi) is 6.89. The number of rotatable bonds is 7. The van der Waals surface area contributed by atoms with E-state index < -0.39 is 21.7 Å². The fraction of sp³-hybridized carbons (Fsp3) is 0.125. The van der Waals surface area contributed by atoms with Crippen LogP contribution in [0.15, 0.2) is 83.4 Å². The number of anilines is 1. The maximum absolute atomic E-state index is 13.7. The van der Waals surface area contributed by atoms with Crippen LogP contribution in [0.4, 0.5) is 10.1 Å². The lowest BCUT2D eigenvalue weighted by molar-refractivity contribution is 0.0964. The van der Waals surface area contributed by atoms with Crippen LogP contribution in [0, 0.1) is 5.82 Å². The molecule has 0 aliphatic heterocycles. The first kappa shape index (κ1) is 28.0. The van der Waals surface area contributed by atoms with E-state index in [2.05, 4.69) is 15.3 Å². The van der Waals surface area contributed by atoms with Crippen LogP contribution in [0.1, 0.15) is 10.4 Å². The predicted molar refractivity (Wildman–Crippen MR) is 165 cm³/mol. The van der Waals surface area contributed by atoms with Crippen LogP contribution in [-0.2, 0) is 10.0 Å². The van der Waals surface area contributed by atoms with Gasteiger partial charge in [0, 0.05) is 53.1 Å². The van der Waals surface area contributed by atoms with E-state index in [-0.39, 0.29) is 22.6 Å². The molecule has 0 unspecified atom stereocenters. The third-order valence-electron chi connectivity index (χ3n) is 7.39.